The average molecular weight is 331 g/mol. The van der Waals surface area contributed by atoms with Crippen molar-refractivity contribution < 1.29 is 14.3 Å². The Kier molecular flexibility index (Phi) is 6.37. The van der Waals surface area contributed by atoms with Gasteiger partial charge in [-0.15, -0.1) is 0 Å². The van der Waals surface area contributed by atoms with Gasteiger partial charge in [-0.3, -0.25) is 0 Å². The summed E-state index contributed by atoms with van der Waals surface area (Å²) in [6, 6.07) is 8.68. The van der Waals surface area contributed by atoms with Crippen LogP contribution in [-0.4, -0.2) is 28.8 Å². The number of aromatic nitrogens is 1. The first kappa shape index (κ1) is 18.0. The Labute approximate surface area is 142 Å². The molecule has 0 aliphatic heterocycles. The number of carbonyl (C=O) groups excluding carboxylic acids is 1. The minimum absolute atomic E-state index is 0.0862. The second-order valence-electron chi connectivity index (χ2n) is 6.28. The number of benzene rings is 1. The van der Waals surface area contributed by atoms with Gasteiger partial charge in [-0.25, -0.2) is 9.78 Å². The third kappa shape index (κ3) is 5.09. The van der Waals surface area contributed by atoms with Crippen molar-refractivity contribution in [1.29, 1.82) is 0 Å². The zero-order valence-corrected chi connectivity index (χ0v) is 14.3. The number of hydrogen-bond donors (Lipinski definition) is 3. The molecule has 2 rings (SSSR count). The highest BCUT2D eigenvalue weighted by Crippen LogP contribution is 2.22. The molecule has 130 valence electrons. The number of aliphatic hydroxyl groups excluding tert-OH is 1. The lowest BCUT2D eigenvalue weighted by atomic mass is 10.0. The zero-order chi connectivity index (χ0) is 17.5. The molecule has 0 aliphatic carbocycles. The van der Waals surface area contributed by atoms with Gasteiger partial charge in [0.2, 0.25) is 5.89 Å². The molecule has 0 saturated carbocycles. The molecule has 1 aromatic carbocycles. The maximum Gasteiger partial charge on any atom is 0.315 e. The average Bonchev–Trinajstić information content (AvgIpc) is 3.04. The van der Waals surface area contributed by atoms with Crippen molar-refractivity contribution in [2.24, 2.45) is 5.92 Å². The van der Waals surface area contributed by atoms with Gasteiger partial charge in [0, 0.05) is 5.56 Å². The van der Waals surface area contributed by atoms with Crippen LogP contribution in [0, 0.1) is 5.92 Å². The molecule has 6 heteroatoms. The van der Waals surface area contributed by atoms with Gasteiger partial charge < -0.3 is 20.2 Å². The molecule has 2 aromatic rings. The van der Waals surface area contributed by atoms with Gasteiger partial charge in [-0.2, -0.15) is 0 Å². The van der Waals surface area contributed by atoms with Crippen LogP contribution in [0.5, 0.6) is 0 Å². The lowest BCUT2D eigenvalue weighted by Gasteiger charge is -2.19. The maximum absolute atomic E-state index is 12.1. The van der Waals surface area contributed by atoms with E-state index in [-0.39, 0.29) is 24.7 Å². The van der Waals surface area contributed by atoms with E-state index in [1.807, 2.05) is 44.2 Å². The SMILES string of the molecule is CC(C)CC(CO)NC(=O)NC(C)c1ncc(-c2ccccc2)o1. The highest BCUT2D eigenvalue weighted by molar-refractivity contribution is 5.74. The van der Waals surface area contributed by atoms with Crippen LogP contribution < -0.4 is 10.6 Å². The van der Waals surface area contributed by atoms with Gasteiger partial charge in [0.1, 0.15) is 6.04 Å². The number of hydrogen-bond acceptors (Lipinski definition) is 4. The molecule has 1 heterocycles. The minimum atomic E-state index is -0.374. The molecule has 2 atom stereocenters. The summed E-state index contributed by atoms with van der Waals surface area (Å²) in [6.07, 6.45) is 2.37. The molecule has 0 fully saturated rings. The molecule has 3 N–H and O–H groups in total. The molecule has 0 bridgehead atoms. The number of carbonyl (C=O) groups is 1. The zero-order valence-electron chi connectivity index (χ0n) is 14.3. The van der Waals surface area contributed by atoms with Crippen LogP contribution in [0.3, 0.4) is 0 Å². The van der Waals surface area contributed by atoms with Crippen molar-refractivity contribution in [3.05, 3.63) is 42.4 Å². The smallest absolute Gasteiger partial charge is 0.315 e. The summed E-state index contributed by atoms with van der Waals surface area (Å²) in [4.78, 5) is 16.3. The Morgan fingerprint density at radius 3 is 2.54 bits per heavy atom. The molecule has 0 spiro atoms. The highest BCUT2D eigenvalue weighted by Gasteiger charge is 2.18. The third-order valence-electron chi connectivity index (χ3n) is 3.61. The van der Waals surface area contributed by atoms with Crippen molar-refractivity contribution in [2.75, 3.05) is 6.61 Å². The van der Waals surface area contributed by atoms with Crippen LogP contribution in [0.15, 0.2) is 40.9 Å². The summed E-state index contributed by atoms with van der Waals surface area (Å²) < 4.78 is 5.73. The summed E-state index contributed by atoms with van der Waals surface area (Å²) in [6.45, 7) is 5.80. The second-order valence-corrected chi connectivity index (χ2v) is 6.28. The number of oxazole rings is 1. The number of nitrogens with one attached hydrogen (secondary N) is 2. The maximum atomic E-state index is 12.1. The molecule has 1 aromatic heterocycles. The van der Waals surface area contributed by atoms with Crippen molar-refractivity contribution in [1.82, 2.24) is 15.6 Å². The van der Waals surface area contributed by atoms with Crippen LogP contribution in [0.2, 0.25) is 0 Å². The number of aliphatic hydroxyl groups is 1. The van der Waals surface area contributed by atoms with Gasteiger partial charge in [0.25, 0.3) is 0 Å². The lowest BCUT2D eigenvalue weighted by molar-refractivity contribution is 0.204. The third-order valence-corrected chi connectivity index (χ3v) is 3.61. The van der Waals surface area contributed by atoms with E-state index in [9.17, 15) is 9.90 Å². The fourth-order valence-electron chi connectivity index (χ4n) is 2.46. The molecule has 24 heavy (non-hydrogen) atoms. The monoisotopic (exact) mass is 331 g/mol. The summed E-state index contributed by atoms with van der Waals surface area (Å²) in [7, 11) is 0. The molecule has 0 aliphatic rings. The molecule has 0 radical (unpaired) electrons. The van der Waals surface area contributed by atoms with E-state index >= 15 is 0 Å². The standard InChI is InChI=1S/C18H25N3O3/c1-12(2)9-15(11-22)21-18(23)20-13(3)17-19-10-16(24-17)14-7-5-4-6-8-14/h4-8,10,12-13,15,22H,9,11H2,1-3H3,(H2,20,21,23). The molecule has 0 saturated heterocycles. The molecular weight excluding hydrogens is 306 g/mol. The van der Waals surface area contributed by atoms with E-state index in [1.54, 1.807) is 13.1 Å². The van der Waals surface area contributed by atoms with E-state index in [2.05, 4.69) is 15.6 Å². The Morgan fingerprint density at radius 1 is 1.21 bits per heavy atom. The number of rotatable bonds is 7. The van der Waals surface area contributed by atoms with Crippen LogP contribution in [-0.2, 0) is 0 Å². The Hall–Kier alpha value is -2.34. The normalized spacial score (nSPS) is 13.5. The molecule has 2 amide bonds. The lowest BCUT2D eigenvalue weighted by Crippen LogP contribution is -2.45. The van der Waals surface area contributed by atoms with E-state index in [0.29, 0.717) is 17.6 Å². The van der Waals surface area contributed by atoms with Crippen molar-refractivity contribution in [2.45, 2.75) is 39.3 Å². The summed E-state index contributed by atoms with van der Waals surface area (Å²) in [5.41, 5.74) is 0.935. The number of urea groups is 1. The Balaban J connectivity index is 1.93. The number of nitrogens with zero attached hydrogens (tertiary/aromatic N) is 1. The van der Waals surface area contributed by atoms with Crippen LogP contribution >= 0.6 is 0 Å². The van der Waals surface area contributed by atoms with Crippen molar-refractivity contribution in [3.63, 3.8) is 0 Å². The predicted octanol–water partition coefficient (Wildman–Crippen LogP) is 3.11. The quantitative estimate of drug-likeness (QED) is 0.727. The van der Waals surface area contributed by atoms with E-state index < -0.39 is 0 Å². The van der Waals surface area contributed by atoms with Gasteiger partial charge in [-0.05, 0) is 19.3 Å². The summed E-state index contributed by atoms with van der Waals surface area (Å²) in [5, 5.41) is 14.9. The van der Waals surface area contributed by atoms with Gasteiger partial charge in [0.05, 0.1) is 18.8 Å². The number of amides is 2. The van der Waals surface area contributed by atoms with Gasteiger partial charge in [-0.1, -0.05) is 44.2 Å². The van der Waals surface area contributed by atoms with Gasteiger partial charge >= 0.3 is 6.03 Å². The first-order valence-corrected chi connectivity index (χ1v) is 8.18. The Morgan fingerprint density at radius 2 is 1.92 bits per heavy atom. The molecular formula is C18H25N3O3. The first-order valence-electron chi connectivity index (χ1n) is 8.18. The topological polar surface area (TPSA) is 87.4 Å². The fraction of sp³-hybridized carbons (Fsp3) is 0.444. The minimum Gasteiger partial charge on any atom is -0.438 e. The Bertz CT molecular complexity index is 640. The van der Waals surface area contributed by atoms with Crippen LogP contribution in [0.4, 0.5) is 4.79 Å². The second kappa shape index (κ2) is 8.49. The van der Waals surface area contributed by atoms with Crippen molar-refractivity contribution in [3.8, 4) is 11.3 Å². The fourth-order valence-corrected chi connectivity index (χ4v) is 2.46. The van der Waals surface area contributed by atoms with Crippen LogP contribution in [0.25, 0.3) is 11.3 Å². The van der Waals surface area contributed by atoms with Crippen LogP contribution in [0.1, 0.15) is 39.1 Å². The summed E-state index contributed by atoms with van der Waals surface area (Å²) in [5.74, 6) is 1.49. The molecule has 6 nitrogen and oxygen atoms in total. The summed E-state index contributed by atoms with van der Waals surface area (Å²) >= 11 is 0. The molecule has 2 unspecified atom stereocenters. The van der Waals surface area contributed by atoms with Crippen molar-refractivity contribution >= 4 is 6.03 Å². The van der Waals surface area contributed by atoms with E-state index in [4.69, 9.17) is 4.42 Å². The van der Waals surface area contributed by atoms with E-state index in [1.165, 1.54) is 0 Å². The van der Waals surface area contributed by atoms with E-state index in [0.717, 1.165) is 12.0 Å². The predicted molar refractivity (Wildman–Crippen MR) is 92.4 cm³/mol. The largest absolute Gasteiger partial charge is 0.438 e. The first-order chi connectivity index (χ1) is 11.5. The van der Waals surface area contributed by atoms with Gasteiger partial charge in [0.15, 0.2) is 5.76 Å². The highest BCUT2D eigenvalue weighted by atomic mass is 16.4.